The minimum Gasteiger partial charge on any atom is -0.393 e. The molecule has 130 valence electrons. The van der Waals surface area contributed by atoms with Crippen LogP contribution < -0.4 is 5.32 Å². The molecule has 3 heteroatoms. The second kappa shape index (κ2) is 18.3. The summed E-state index contributed by atoms with van der Waals surface area (Å²) >= 11 is 0. The van der Waals surface area contributed by atoms with Gasteiger partial charge in [0.1, 0.15) is 0 Å². The molecule has 0 radical (unpaired) electrons. The average molecular weight is 311 g/mol. The summed E-state index contributed by atoms with van der Waals surface area (Å²) in [7, 11) is 0. The largest absolute Gasteiger partial charge is 0.393 e. The van der Waals surface area contributed by atoms with Gasteiger partial charge in [0.2, 0.25) is 0 Å². The summed E-state index contributed by atoms with van der Waals surface area (Å²) in [4.78, 5) is 0. The van der Waals surface area contributed by atoms with Gasteiger partial charge in [0.05, 0.1) is 6.10 Å². The van der Waals surface area contributed by atoms with E-state index in [0.717, 1.165) is 25.8 Å². The Morgan fingerprint density at radius 3 is 1.73 bits per heavy atom. The zero-order chi connectivity index (χ0) is 16.3. The molecule has 3 nitrogen and oxygen atoms in total. The molecule has 0 aliphatic heterocycles. The number of rotatable bonds is 17. The van der Waals surface area contributed by atoms with Gasteiger partial charge in [0.25, 0.3) is 0 Å². The van der Waals surface area contributed by atoms with Crippen LogP contribution in [0.5, 0.6) is 0 Å². The van der Waals surface area contributed by atoms with E-state index >= 15 is 0 Å². The lowest BCUT2D eigenvalue weighted by molar-refractivity contribution is 0.147. The fourth-order valence-corrected chi connectivity index (χ4v) is 2.84. The molecule has 0 spiro atoms. The number of unbranched alkanes of at least 4 members (excludes halogenated alkanes) is 11. The van der Waals surface area contributed by atoms with E-state index in [1.54, 1.807) is 0 Å². The summed E-state index contributed by atoms with van der Waals surface area (Å²) in [5, 5.41) is 20.9. The van der Waals surface area contributed by atoms with Gasteiger partial charge in [0.15, 0.2) is 6.19 Å². The third-order valence-corrected chi connectivity index (χ3v) is 4.31. The number of nitriles is 1. The van der Waals surface area contributed by atoms with E-state index in [-0.39, 0.29) is 6.10 Å². The van der Waals surface area contributed by atoms with Crippen LogP contribution in [0.15, 0.2) is 0 Å². The summed E-state index contributed by atoms with van der Waals surface area (Å²) in [5.74, 6) is 0. The molecular weight excluding hydrogens is 272 g/mol. The molecular formula is C19H38N2O. The van der Waals surface area contributed by atoms with Crippen LogP contribution in [0.1, 0.15) is 103 Å². The van der Waals surface area contributed by atoms with Crippen LogP contribution in [-0.2, 0) is 0 Å². The van der Waals surface area contributed by atoms with Crippen molar-refractivity contribution in [3.63, 3.8) is 0 Å². The van der Waals surface area contributed by atoms with Crippen LogP contribution in [-0.4, -0.2) is 17.8 Å². The van der Waals surface area contributed by atoms with Gasteiger partial charge in [0, 0.05) is 6.54 Å². The monoisotopic (exact) mass is 310 g/mol. The van der Waals surface area contributed by atoms with Gasteiger partial charge in [-0.1, -0.05) is 84.0 Å². The molecule has 0 unspecified atom stereocenters. The van der Waals surface area contributed by atoms with E-state index in [0.29, 0.717) is 0 Å². The highest BCUT2D eigenvalue weighted by Gasteiger charge is 2.03. The minimum atomic E-state index is -0.0566. The first-order valence-electron chi connectivity index (χ1n) is 9.61. The molecule has 0 aliphatic carbocycles. The van der Waals surface area contributed by atoms with Gasteiger partial charge >= 0.3 is 0 Å². The first-order chi connectivity index (χ1) is 10.8. The SMILES string of the molecule is CCCCCC[C@@H](O)CCCCCCCCCCCNC#N. The lowest BCUT2D eigenvalue weighted by Crippen LogP contribution is -2.06. The van der Waals surface area contributed by atoms with Gasteiger partial charge in [-0.3, -0.25) is 0 Å². The molecule has 0 bridgehead atoms. The number of nitrogens with one attached hydrogen (secondary N) is 1. The Balaban J connectivity index is 3.09. The molecule has 1 atom stereocenters. The second-order valence-electron chi connectivity index (χ2n) is 6.51. The molecule has 0 aromatic rings. The van der Waals surface area contributed by atoms with Crippen molar-refractivity contribution in [3.8, 4) is 6.19 Å². The first kappa shape index (κ1) is 21.2. The maximum Gasteiger partial charge on any atom is 0.176 e. The van der Waals surface area contributed by atoms with Crippen LogP contribution in [0, 0.1) is 11.5 Å². The van der Waals surface area contributed by atoms with Crippen molar-refractivity contribution < 1.29 is 5.11 Å². The molecule has 0 fully saturated rings. The smallest absolute Gasteiger partial charge is 0.176 e. The molecule has 22 heavy (non-hydrogen) atoms. The number of aliphatic hydroxyl groups is 1. The fourth-order valence-electron chi connectivity index (χ4n) is 2.84. The van der Waals surface area contributed by atoms with Crippen LogP contribution in [0.3, 0.4) is 0 Å². The molecule has 0 amide bonds. The molecule has 0 aromatic carbocycles. The van der Waals surface area contributed by atoms with E-state index in [1.165, 1.54) is 77.0 Å². The number of aliphatic hydroxyl groups excluding tert-OH is 1. The van der Waals surface area contributed by atoms with Gasteiger partial charge in [-0.2, -0.15) is 5.26 Å². The predicted octanol–water partition coefficient (Wildman–Crippen LogP) is 5.29. The molecule has 0 aliphatic rings. The van der Waals surface area contributed by atoms with Crippen molar-refractivity contribution in [1.82, 2.24) is 5.32 Å². The lowest BCUT2D eigenvalue weighted by Gasteiger charge is -2.10. The fraction of sp³-hybridized carbons (Fsp3) is 0.947. The van der Waals surface area contributed by atoms with Crippen LogP contribution in [0.2, 0.25) is 0 Å². The third kappa shape index (κ3) is 17.3. The third-order valence-electron chi connectivity index (χ3n) is 4.31. The Labute approximate surface area is 138 Å². The predicted molar refractivity (Wildman–Crippen MR) is 94.6 cm³/mol. The molecule has 0 saturated heterocycles. The first-order valence-corrected chi connectivity index (χ1v) is 9.61. The zero-order valence-corrected chi connectivity index (χ0v) is 14.8. The van der Waals surface area contributed by atoms with Crippen molar-refractivity contribution in [2.45, 2.75) is 109 Å². The van der Waals surface area contributed by atoms with Crippen molar-refractivity contribution in [2.75, 3.05) is 6.54 Å². The summed E-state index contributed by atoms with van der Waals surface area (Å²) in [6, 6.07) is 0. The Kier molecular flexibility index (Phi) is 17.7. The summed E-state index contributed by atoms with van der Waals surface area (Å²) in [6.45, 7) is 3.06. The number of nitrogens with zero attached hydrogens (tertiary/aromatic N) is 1. The Morgan fingerprint density at radius 2 is 1.23 bits per heavy atom. The second-order valence-corrected chi connectivity index (χ2v) is 6.51. The van der Waals surface area contributed by atoms with Crippen molar-refractivity contribution in [2.24, 2.45) is 0 Å². The average Bonchev–Trinajstić information content (AvgIpc) is 2.52. The molecule has 0 rings (SSSR count). The molecule has 2 N–H and O–H groups in total. The molecule has 0 heterocycles. The topological polar surface area (TPSA) is 56.0 Å². The van der Waals surface area contributed by atoms with Gasteiger partial charge < -0.3 is 10.4 Å². The van der Waals surface area contributed by atoms with Crippen LogP contribution in [0.25, 0.3) is 0 Å². The maximum absolute atomic E-state index is 9.88. The van der Waals surface area contributed by atoms with Crippen molar-refractivity contribution in [3.05, 3.63) is 0 Å². The Bertz CT molecular complexity index is 250. The van der Waals surface area contributed by atoms with Crippen molar-refractivity contribution >= 4 is 0 Å². The number of hydrogen-bond donors (Lipinski definition) is 2. The van der Waals surface area contributed by atoms with E-state index < -0.39 is 0 Å². The summed E-state index contributed by atoms with van der Waals surface area (Å²) < 4.78 is 0. The van der Waals surface area contributed by atoms with E-state index in [4.69, 9.17) is 5.26 Å². The lowest BCUT2D eigenvalue weighted by atomic mass is 10.0. The highest BCUT2D eigenvalue weighted by molar-refractivity contribution is 4.63. The Hall–Kier alpha value is -0.750. The van der Waals surface area contributed by atoms with E-state index in [9.17, 15) is 5.11 Å². The normalized spacial score (nSPS) is 12.0. The number of hydrogen-bond acceptors (Lipinski definition) is 3. The van der Waals surface area contributed by atoms with Gasteiger partial charge in [-0.25, -0.2) is 0 Å². The zero-order valence-electron chi connectivity index (χ0n) is 14.8. The van der Waals surface area contributed by atoms with Crippen LogP contribution in [0.4, 0.5) is 0 Å². The van der Waals surface area contributed by atoms with E-state index in [1.807, 2.05) is 6.19 Å². The maximum atomic E-state index is 9.88. The minimum absolute atomic E-state index is 0.0566. The Morgan fingerprint density at radius 1 is 0.773 bits per heavy atom. The highest BCUT2D eigenvalue weighted by atomic mass is 16.3. The summed E-state index contributed by atoms with van der Waals surface area (Å²) in [5.41, 5.74) is 0. The highest BCUT2D eigenvalue weighted by Crippen LogP contribution is 2.14. The van der Waals surface area contributed by atoms with Crippen LogP contribution >= 0.6 is 0 Å². The summed E-state index contributed by atoms with van der Waals surface area (Å²) in [6.07, 6.45) is 20.4. The van der Waals surface area contributed by atoms with E-state index in [2.05, 4.69) is 12.2 Å². The molecule has 0 saturated carbocycles. The standard InChI is InChI=1S/C19H38N2O/c1-2-3-4-12-15-19(22)16-13-10-8-6-5-7-9-11-14-17-21-18-20/h19,21-22H,2-17H2,1H3/t19-/m1/s1. The van der Waals surface area contributed by atoms with Crippen molar-refractivity contribution in [1.29, 1.82) is 5.26 Å². The molecule has 0 aromatic heterocycles. The van der Waals surface area contributed by atoms with Gasteiger partial charge in [-0.15, -0.1) is 0 Å². The quantitative estimate of drug-likeness (QED) is 0.218. The van der Waals surface area contributed by atoms with Gasteiger partial charge in [-0.05, 0) is 19.3 Å².